The van der Waals surface area contributed by atoms with Gasteiger partial charge in [0.1, 0.15) is 17.2 Å². The largest absolute Gasteiger partial charge is 0.494 e. The molecule has 3 rings (SSSR count). The normalized spacial score (nSPS) is 11.5. The Labute approximate surface area is 196 Å². The van der Waals surface area contributed by atoms with E-state index in [1.54, 1.807) is 36.4 Å². The average molecular weight is 445 g/mol. The Morgan fingerprint density at radius 1 is 0.848 bits per heavy atom. The van der Waals surface area contributed by atoms with E-state index in [2.05, 4.69) is 20.4 Å². The van der Waals surface area contributed by atoms with Crippen LogP contribution in [-0.2, 0) is 0 Å². The minimum Gasteiger partial charge on any atom is -0.494 e. The lowest BCUT2D eigenvalue weighted by Crippen LogP contribution is -2.08. The molecule has 4 heteroatoms. The fourth-order valence-electron chi connectivity index (χ4n) is 3.09. The number of rotatable bonds is 12. The first kappa shape index (κ1) is 24.1. The number of carbonyl (C=O) groups is 1. The van der Waals surface area contributed by atoms with Crippen LogP contribution in [0.15, 0.2) is 85.5 Å². The van der Waals surface area contributed by atoms with Crippen molar-refractivity contribution in [3.05, 3.63) is 91.0 Å². The van der Waals surface area contributed by atoms with Crippen molar-refractivity contribution in [2.24, 2.45) is 5.92 Å². The standard InChI is InChI=1S/C29H32O4/c1-4-6-7-20-31-26-16-18-28(19-17-26)33-29(30)25-10-8-23(9-11-25)24-12-14-27(15-13-24)32-21-22(3)5-2/h4,8-19,22H,1,5-7,20-21H2,2-3H3. The second-order valence-electron chi connectivity index (χ2n) is 8.07. The zero-order valence-corrected chi connectivity index (χ0v) is 19.5. The van der Waals surface area contributed by atoms with Crippen LogP contribution in [0.1, 0.15) is 43.5 Å². The Morgan fingerprint density at radius 2 is 1.39 bits per heavy atom. The van der Waals surface area contributed by atoms with Gasteiger partial charge >= 0.3 is 5.97 Å². The molecule has 0 amide bonds. The van der Waals surface area contributed by atoms with Crippen molar-refractivity contribution in [3.8, 4) is 28.4 Å². The molecule has 0 saturated carbocycles. The van der Waals surface area contributed by atoms with Crippen LogP contribution >= 0.6 is 0 Å². The quantitative estimate of drug-likeness (QED) is 0.127. The highest BCUT2D eigenvalue weighted by molar-refractivity contribution is 5.91. The number of allylic oxidation sites excluding steroid dienone is 1. The molecule has 0 aromatic heterocycles. The monoisotopic (exact) mass is 444 g/mol. The molecule has 0 aliphatic carbocycles. The first-order valence-corrected chi connectivity index (χ1v) is 11.5. The van der Waals surface area contributed by atoms with Gasteiger partial charge in [-0.2, -0.15) is 0 Å². The molecule has 4 nitrogen and oxygen atoms in total. The van der Waals surface area contributed by atoms with Gasteiger partial charge in [0.05, 0.1) is 18.8 Å². The molecule has 0 heterocycles. The number of hydrogen-bond donors (Lipinski definition) is 0. The number of hydrogen-bond acceptors (Lipinski definition) is 4. The highest BCUT2D eigenvalue weighted by Gasteiger charge is 2.10. The number of ether oxygens (including phenoxy) is 3. The zero-order chi connectivity index (χ0) is 23.5. The number of benzene rings is 3. The van der Waals surface area contributed by atoms with Gasteiger partial charge in [-0.3, -0.25) is 0 Å². The summed E-state index contributed by atoms with van der Waals surface area (Å²) in [6.45, 7) is 9.39. The van der Waals surface area contributed by atoms with Crippen LogP contribution in [0, 0.1) is 5.92 Å². The van der Waals surface area contributed by atoms with Crippen molar-refractivity contribution < 1.29 is 19.0 Å². The van der Waals surface area contributed by atoms with Gasteiger partial charge in [-0.05, 0) is 78.4 Å². The van der Waals surface area contributed by atoms with Gasteiger partial charge < -0.3 is 14.2 Å². The minimum atomic E-state index is -0.394. The van der Waals surface area contributed by atoms with Crippen molar-refractivity contribution >= 4 is 5.97 Å². The molecular formula is C29H32O4. The molecule has 3 aromatic carbocycles. The van der Waals surface area contributed by atoms with Gasteiger partial charge in [0.25, 0.3) is 0 Å². The van der Waals surface area contributed by atoms with Crippen LogP contribution in [0.5, 0.6) is 17.2 Å². The van der Waals surface area contributed by atoms with Crippen LogP contribution < -0.4 is 14.2 Å². The molecule has 0 aliphatic heterocycles. The fraction of sp³-hybridized carbons (Fsp3) is 0.276. The lowest BCUT2D eigenvalue weighted by molar-refractivity contribution is 0.0734. The lowest BCUT2D eigenvalue weighted by Gasteiger charge is -2.11. The first-order valence-electron chi connectivity index (χ1n) is 11.5. The SMILES string of the molecule is C=CCCCOc1ccc(OC(=O)c2ccc(-c3ccc(OCC(C)CC)cc3)cc2)cc1. The topological polar surface area (TPSA) is 44.8 Å². The van der Waals surface area contributed by atoms with E-state index in [0.717, 1.165) is 48.5 Å². The number of esters is 1. The Hall–Kier alpha value is -3.53. The molecule has 0 aliphatic rings. The summed E-state index contributed by atoms with van der Waals surface area (Å²) in [5.74, 6) is 2.24. The summed E-state index contributed by atoms with van der Waals surface area (Å²) in [6, 6.07) is 22.5. The molecule has 33 heavy (non-hydrogen) atoms. The van der Waals surface area contributed by atoms with Crippen LogP contribution in [0.3, 0.4) is 0 Å². The van der Waals surface area contributed by atoms with E-state index < -0.39 is 5.97 Å². The zero-order valence-electron chi connectivity index (χ0n) is 19.5. The summed E-state index contributed by atoms with van der Waals surface area (Å²) < 4.78 is 17.0. The molecule has 0 saturated heterocycles. The summed E-state index contributed by atoms with van der Waals surface area (Å²) in [5.41, 5.74) is 2.59. The van der Waals surface area contributed by atoms with Gasteiger partial charge in [0.2, 0.25) is 0 Å². The molecule has 1 atom stereocenters. The third-order valence-corrected chi connectivity index (χ3v) is 5.40. The Bertz CT molecular complexity index is 1000. The Balaban J connectivity index is 1.54. The molecule has 0 bridgehead atoms. The predicted molar refractivity (Wildman–Crippen MR) is 133 cm³/mol. The van der Waals surface area contributed by atoms with Crippen LogP contribution in [0.25, 0.3) is 11.1 Å². The molecule has 1 unspecified atom stereocenters. The molecule has 0 spiro atoms. The van der Waals surface area contributed by atoms with Gasteiger partial charge in [-0.1, -0.05) is 50.6 Å². The summed E-state index contributed by atoms with van der Waals surface area (Å²) in [5, 5.41) is 0. The van der Waals surface area contributed by atoms with Gasteiger partial charge in [0, 0.05) is 0 Å². The number of carbonyl (C=O) groups excluding carboxylic acids is 1. The van der Waals surface area contributed by atoms with Crippen molar-refractivity contribution in [2.75, 3.05) is 13.2 Å². The predicted octanol–water partition coefficient (Wildman–Crippen LogP) is 7.34. The highest BCUT2D eigenvalue weighted by atomic mass is 16.5. The lowest BCUT2D eigenvalue weighted by atomic mass is 10.0. The van der Waals surface area contributed by atoms with Crippen molar-refractivity contribution in [3.63, 3.8) is 0 Å². The smallest absolute Gasteiger partial charge is 0.343 e. The Kier molecular flexibility index (Phi) is 9.13. The van der Waals surface area contributed by atoms with E-state index >= 15 is 0 Å². The van der Waals surface area contributed by atoms with Gasteiger partial charge in [-0.25, -0.2) is 4.79 Å². The van der Waals surface area contributed by atoms with E-state index in [9.17, 15) is 4.79 Å². The molecular weight excluding hydrogens is 412 g/mol. The third kappa shape index (κ3) is 7.53. The van der Waals surface area contributed by atoms with Gasteiger partial charge in [-0.15, -0.1) is 6.58 Å². The van der Waals surface area contributed by atoms with Gasteiger partial charge in [0.15, 0.2) is 0 Å². The molecule has 3 aromatic rings. The average Bonchev–Trinajstić information content (AvgIpc) is 2.86. The Morgan fingerprint density at radius 3 is 2.00 bits per heavy atom. The minimum absolute atomic E-state index is 0.394. The maximum absolute atomic E-state index is 12.5. The third-order valence-electron chi connectivity index (χ3n) is 5.40. The highest BCUT2D eigenvalue weighted by Crippen LogP contribution is 2.24. The second kappa shape index (κ2) is 12.5. The summed E-state index contributed by atoms with van der Waals surface area (Å²) in [4.78, 5) is 12.5. The van der Waals surface area contributed by atoms with Crippen LogP contribution in [0.2, 0.25) is 0 Å². The number of unbranched alkanes of at least 4 members (excludes halogenated alkanes) is 1. The van der Waals surface area contributed by atoms with E-state index in [1.165, 1.54) is 0 Å². The van der Waals surface area contributed by atoms with Crippen molar-refractivity contribution in [1.29, 1.82) is 0 Å². The first-order chi connectivity index (χ1) is 16.1. The second-order valence-corrected chi connectivity index (χ2v) is 8.07. The molecule has 0 radical (unpaired) electrons. The van der Waals surface area contributed by atoms with E-state index in [4.69, 9.17) is 14.2 Å². The van der Waals surface area contributed by atoms with Crippen LogP contribution in [0.4, 0.5) is 0 Å². The van der Waals surface area contributed by atoms with Crippen LogP contribution in [-0.4, -0.2) is 19.2 Å². The summed E-state index contributed by atoms with van der Waals surface area (Å²) in [7, 11) is 0. The van der Waals surface area contributed by atoms with Crippen molar-refractivity contribution in [2.45, 2.75) is 33.1 Å². The van der Waals surface area contributed by atoms with E-state index in [0.29, 0.717) is 23.8 Å². The molecule has 0 fully saturated rings. The maximum atomic E-state index is 12.5. The maximum Gasteiger partial charge on any atom is 0.343 e. The molecule has 0 N–H and O–H groups in total. The summed E-state index contributed by atoms with van der Waals surface area (Å²) in [6.07, 6.45) is 4.82. The van der Waals surface area contributed by atoms with E-state index in [-0.39, 0.29) is 0 Å². The fourth-order valence-corrected chi connectivity index (χ4v) is 3.09. The van der Waals surface area contributed by atoms with Crippen molar-refractivity contribution in [1.82, 2.24) is 0 Å². The summed E-state index contributed by atoms with van der Waals surface area (Å²) >= 11 is 0. The van der Waals surface area contributed by atoms with E-state index in [1.807, 2.05) is 42.5 Å². The molecule has 172 valence electrons.